The Labute approximate surface area is 247 Å². The predicted octanol–water partition coefficient (Wildman–Crippen LogP) is 9.68. The Kier molecular flexibility index (Phi) is 9.80. The monoisotopic (exact) mass is 550 g/mol. The van der Waals surface area contributed by atoms with Crippen LogP contribution in [-0.2, 0) is 11.2 Å². The van der Waals surface area contributed by atoms with Gasteiger partial charge in [0.1, 0.15) is 0 Å². The summed E-state index contributed by atoms with van der Waals surface area (Å²) in [6.45, 7) is 12.2. The summed E-state index contributed by atoms with van der Waals surface area (Å²) in [5.74, 6) is 6.63. The first-order valence-electron chi connectivity index (χ1n) is 17.4. The van der Waals surface area contributed by atoms with Crippen molar-refractivity contribution in [1.82, 2.24) is 0 Å². The largest absolute Gasteiger partial charge is 0.399 e. The van der Waals surface area contributed by atoms with Crippen molar-refractivity contribution >= 4 is 11.4 Å². The lowest BCUT2D eigenvalue weighted by molar-refractivity contribution is -0.114. The Hall–Kier alpha value is -1.22. The number of hydrogen-bond donors (Lipinski definition) is 2. The average molecular weight is 551 g/mol. The molecule has 40 heavy (non-hydrogen) atoms. The molecule has 4 saturated carbocycles. The quantitative estimate of drug-likeness (QED) is 0.201. The Bertz CT molecular complexity index is 941. The van der Waals surface area contributed by atoms with E-state index in [1.165, 1.54) is 76.2 Å². The summed E-state index contributed by atoms with van der Waals surface area (Å²) in [7, 11) is 0. The molecular formula is C37H62N2O. The first-order chi connectivity index (χ1) is 19.2. The van der Waals surface area contributed by atoms with Crippen LogP contribution >= 0.6 is 0 Å². The Morgan fingerprint density at radius 1 is 0.800 bits per heavy atom. The normalized spacial score (nSPS) is 36.9. The highest BCUT2D eigenvalue weighted by molar-refractivity contribution is 5.54. The van der Waals surface area contributed by atoms with Gasteiger partial charge in [-0.05, 0) is 153 Å². The van der Waals surface area contributed by atoms with Crippen LogP contribution in [-0.4, -0.2) is 13.2 Å². The van der Waals surface area contributed by atoms with Crippen LogP contribution in [0.25, 0.3) is 0 Å². The van der Waals surface area contributed by atoms with E-state index in [1.54, 1.807) is 12.8 Å². The second-order valence-corrected chi connectivity index (χ2v) is 15.7. The van der Waals surface area contributed by atoms with E-state index >= 15 is 0 Å². The molecule has 4 aliphatic carbocycles. The first kappa shape index (κ1) is 30.2. The molecule has 5 rings (SSSR count). The van der Waals surface area contributed by atoms with Crippen LogP contribution in [0.3, 0.4) is 0 Å². The van der Waals surface area contributed by atoms with Gasteiger partial charge in [0.05, 0.1) is 0 Å². The third-order valence-corrected chi connectivity index (χ3v) is 13.1. The molecule has 0 aromatic heterocycles. The lowest BCUT2D eigenvalue weighted by atomic mass is 9.44. The van der Waals surface area contributed by atoms with Crippen molar-refractivity contribution in [2.24, 2.45) is 52.3 Å². The number of aryl methyl sites for hydroxylation is 1. The summed E-state index contributed by atoms with van der Waals surface area (Å²) in [5, 5.41) is 0. The summed E-state index contributed by atoms with van der Waals surface area (Å²) in [5.41, 5.74) is 15.9. The van der Waals surface area contributed by atoms with E-state index < -0.39 is 0 Å². The molecule has 2 unspecified atom stereocenters. The summed E-state index contributed by atoms with van der Waals surface area (Å²) in [6.07, 6.45) is 22.6. The van der Waals surface area contributed by atoms with Gasteiger partial charge in [-0.3, -0.25) is 0 Å². The number of ether oxygens (including phenoxy) is 1. The molecule has 9 atom stereocenters. The number of nitrogens with two attached hydrogens (primary N) is 2. The lowest BCUT2D eigenvalue weighted by Crippen LogP contribution is -2.53. The van der Waals surface area contributed by atoms with Crippen LogP contribution in [0, 0.1) is 52.3 Å². The molecule has 0 spiro atoms. The van der Waals surface area contributed by atoms with Crippen molar-refractivity contribution in [2.75, 3.05) is 24.7 Å². The van der Waals surface area contributed by atoms with Gasteiger partial charge in [0.25, 0.3) is 0 Å². The van der Waals surface area contributed by atoms with E-state index in [0.717, 1.165) is 79.4 Å². The maximum atomic E-state index is 6.07. The van der Waals surface area contributed by atoms with Gasteiger partial charge in [0, 0.05) is 24.6 Å². The van der Waals surface area contributed by atoms with Crippen molar-refractivity contribution < 1.29 is 4.74 Å². The zero-order valence-electron chi connectivity index (χ0n) is 26.6. The van der Waals surface area contributed by atoms with Gasteiger partial charge in [0.2, 0.25) is 0 Å². The van der Waals surface area contributed by atoms with Gasteiger partial charge in [-0.1, -0.05) is 53.4 Å². The maximum Gasteiger partial charge on any atom is 0.0491 e. The molecule has 0 radical (unpaired) electrons. The number of fused-ring (bicyclic) bond motifs is 5. The van der Waals surface area contributed by atoms with E-state index in [4.69, 9.17) is 16.2 Å². The second-order valence-electron chi connectivity index (χ2n) is 15.7. The topological polar surface area (TPSA) is 61.3 Å². The minimum Gasteiger partial charge on any atom is -0.399 e. The van der Waals surface area contributed by atoms with Crippen molar-refractivity contribution in [2.45, 2.75) is 130 Å². The van der Waals surface area contributed by atoms with Crippen molar-refractivity contribution in [3.63, 3.8) is 0 Å². The molecule has 1 aromatic carbocycles. The SMILES string of the molecule is CC(CCC[C@@H](C)[C@H]1CC[C@H]2[C@@H]3CCC4CCCC[C@]4(C)[C@H]3CC[C@]12C)COCCCCc1cc(N)cc(N)c1. The molecule has 3 nitrogen and oxygen atoms in total. The lowest BCUT2D eigenvalue weighted by Gasteiger charge is -2.61. The average Bonchev–Trinajstić information content (AvgIpc) is 3.27. The van der Waals surface area contributed by atoms with E-state index in [1.807, 2.05) is 18.2 Å². The summed E-state index contributed by atoms with van der Waals surface area (Å²) >= 11 is 0. The van der Waals surface area contributed by atoms with Crippen molar-refractivity contribution in [1.29, 1.82) is 0 Å². The van der Waals surface area contributed by atoms with E-state index in [2.05, 4.69) is 27.7 Å². The third-order valence-electron chi connectivity index (χ3n) is 13.1. The minimum atomic E-state index is 0.615. The number of rotatable bonds is 12. The summed E-state index contributed by atoms with van der Waals surface area (Å²) in [4.78, 5) is 0. The number of nitrogen functional groups attached to an aromatic ring is 2. The van der Waals surface area contributed by atoms with Gasteiger partial charge in [-0.15, -0.1) is 0 Å². The molecule has 1 aromatic rings. The number of unbranched alkanes of at least 4 members (excludes halogenated alkanes) is 1. The Morgan fingerprint density at radius 3 is 2.38 bits per heavy atom. The zero-order chi connectivity index (χ0) is 28.3. The highest BCUT2D eigenvalue weighted by atomic mass is 16.5. The molecule has 4 aliphatic rings. The predicted molar refractivity (Wildman–Crippen MR) is 171 cm³/mol. The van der Waals surface area contributed by atoms with Crippen LogP contribution in [0.2, 0.25) is 0 Å². The molecular weight excluding hydrogens is 488 g/mol. The van der Waals surface area contributed by atoms with Crippen molar-refractivity contribution in [3.05, 3.63) is 23.8 Å². The van der Waals surface area contributed by atoms with Crippen LogP contribution in [0.15, 0.2) is 18.2 Å². The van der Waals surface area contributed by atoms with E-state index in [-0.39, 0.29) is 0 Å². The molecule has 0 amide bonds. The fourth-order valence-corrected chi connectivity index (χ4v) is 11.1. The number of hydrogen-bond acceptors (Lipinski definition) is 3. The summed E-state index contributed by atoms with van der Waals surface area (Å²) < 4.78 is 6.07. The molecule has 4 N–H and O–H groups in total. The fourth-order valence-electron chi connectivity index (χ4n) is 11.1. The maximum absolute atomic E-state index is 6.07. The fraction of sp³-hybridized carbons (Fsp3) is 0.838. The molecule has 226 valence electrons. The Balaban J connectivity index is 1.00. The second kappa shape index (κ2) is 13.0. The van der Waals surface area contributed by atoms with Crippen LogP contribution in [0.1, 0.15) is 130 Å². The highest BCUT2D eigenvalue weighted by Gasteiger charge is 2.60. The smallest absolute Gasteiger partial charge is 0.0491 e. The van der Waals surface area contributed by atoms with Gasteiger partial charge >= 0.3 is 0 Å². The summed E-state index contributed by atoms with van der Waals surface area (Å²) in [6, 6.07) is 5.91. The first-order valence-corrected chi connectivity index (χ1v) is 17.4. The number of benzene rings is 1. The van der Waals surface area contributed by atoms with Gasteiger partial charge in [-0.25, -0.2) is 0 Å². The van der Waals surface area contributed by atoms with Crippen LogP contribution < -0.4 is 11.5 Å². The molecule has 0 bridgehead atoms. The van der Waals surface area contributed by atoms with Gasteiger partial charge < -0.3 is 16.2 Å². The highest BCUT2D eigenvalue weighted by Crippen LogP contribution is 2.68. The number of anilines is 2. The molecule has 0 heterocycles. The van der Waals surface area contributed by atoms with E-state index in [0.29, 0.717) is 16.7 Å². The van der Waals surface area contributed by atoms with Crippen molar-refractivity contribution in [3.8, 4) is 0 Å². The zero-order valence-corrected chi connectivity index (χ0v) is 26.6. The molecule has 0 aliphatic heterocycles. The standard InChI is InChI=1S/C37H62N2O/c1-26(25-40-21-8-6-12-28-22-30(38)24-31(39)23-28)10-9-11-27(2)33-16-17-34-32-15-14-29-13-5-7-19-36(29,3)35(32)18-20-37(33,34)4/h22-24,26-27,29,32-35H,5-21,25,38-39H2,1-4H3/t26?,27-,29?,32+,33-,34+,35+,36+,37-/m1/s1. The Morgan fingerprint density at radius 2 is 1.57 bits per heavy atom. The molecule has 4 fully saturated rings. The van der Waals surface area contributed by atoms with E-state index in [9.17, 15) is 0 Å². The minimum absolute atomic E-state index is 0.615. The molecule has 3 heteroatoms. The van der Waals surface area contributed by atoms with Crippen LogP contribution in [0.5, 0.6) is 0 Å². The molecule has 0 saturated heterocycles. The third kappa shape index (κ3) is 6.40. The van der Waals surface area contributed by atoms with Crippen LogP contribution in [0.4, 0.5) is 11.4 Å². The van der Waals surface area contributed by atoms with Gasteiger partial charge in [-0.2, -0.15) is 0 Å². The van der Waals surface area contributed by atoms with Gasteiger partial charge in [0.15, 0.2) is 0 Å².